The van der Waals surface area contributed by atoms with Crippen molar-refractivity contribution in [3.63, 3.8) is 0 Å². The topological polar surface area (TPSA) is 40.5 Å². The van der Waals surface area contributed by atoms with Gasteiger partial charge in [0.1, 0.15) is 5.82 Å². The third kappa shape index (κ3) is 4.07. The van der Waals surface area contributed by atoms with E-state index < -0.39 is 5.97 Å². The van der Waals surface area contributed by atoms with E-state index in [0.29, 0.717) is 16.9 Å². The van der Waals surface area contributed by atoms with Crippen molar-refractivity contribution in [2.24, 2.45) is 5.92 Å². The molecule has 1 saturated carbocycles. The summed E-state index contributed by atoms with van der Waals surface area (Å²) in [6.07, 6.45) is 2.34. The van der Waals surface area contributed by atoms with Gasteiger partial charge in [-0.15, -0.1) is 0 Å². The number of carboxylic acid groups (broad SMARTS) is 1. The second-order valence-corrected chi connectivity index (χ2v) is 5.61. The van der Waals surface area contributed by atoms with Gasteiger partial charge < -0.3 is 5.11 Å². The average Bonchev–Trinajstić information content (AvgIpc) is 3.06. The SMILES string of the molecule is O=C(O)CN(Cc1ccc(Br)c(F)c1)CC1CC1. The number of halogens is 2. The van der Waals surface area contributed by atoms with E-state index in [-0.39, 0.29) is 12.4 Å². The predicted molar refractivity (Wildman–Crippen MR) is 69.7 cm³/mol. The summed E-state index contributed by atoms with van der Waals surface area (Å²) in [7, 11) is 0. The molecule has 0 saturated heterocycles. The molecule has 0 unspecified atom stereocenters. The van der Waals surface area contributed by atoms with Crippen molar-refractivity contribution in [2.45, 2.75) is 19.4 Å². The minimum atomic E-state index is -0.840. The van der Waals surface area contributed by atoms with Crippen LogP contribution < -0.4 is 0 Å². The number of carboxylic acids is 1. The minimum absolute atomic E-state index is 0.00812. The molecule has 0 amide bonds. The Kier molecular flexibility index (Phi) is 4.35. The monoisotopic (exact) mass is 315 g/mol. The molecule has 1 aliphatic carbocycles. The molecule has 0 aliphatic heterocycles. The van der Waals surface area contributed by atoms with E-state index in [1.165, 1.54) is 18.9 Å². The maximum atomic E-state index is 13.4. The highest BCUT2D eigenvalue weighted by Gasteiger charge is 2.25. The second-order valence-electron chi connectivity index (χ2n) is 4.76. The summed E-state index contributed by atoms with van der Waals surface area (Å²) in [6, 6.07) is 4.92. The first-order valence-electron chi connectivity index (χ1n) is 5.92. The molecule has 98 valence electrons. The lowest BCUT2D eigenvalue weighted by Gasteiger charge is -2.20. The van der Waals surface area contributed by atoms with Crippen LogP contribution in [0.4, 0.5) is 4.39 Å². The van der Waals surface area contributed by atoms with E-state index in [1.54, 1.807) is 6.07 Å². The Morgan fingerprint density at radius 1 is 1.50 bits per heavy atom. The summed E-state index contributed by atoms with van der Waals surface area (Å²) in [5.41, 5.74) is 0.803. The lowest BCUT2D eigenvalue weighted by atomic mass is 10.2. The molecule has 1 N–H and O–H groups in total. The number of carbonyl (C=O) groups is 1. The quantitative estimate of drug-likeness (QED) is 0.877. The highest BCUT2D eigenvalue weighted by molar-refractivity contribution is 9.10. The second kappa shape index (κ2) is 5.80. The molecular weight excluding hydrogens is 301 g/mol. The molecule has 0 atom stereocenters. The van der Waals surface area contributed by atoms with E-state index in [1.807, 2.05) is 11.0 Å². The summed E-state index contributed by atoms with van der Waals surface area (Å²) in [5.74, 6) is -0.535. The number of hydrogen-bond donors (Lipinski definition) is 1. The Hall–Kier alpha value is -0.940. The van der Waals surface area contributed by atoms with Gasteiger partial charge in [0.15, 0.2) is 0 Å². The van der Waals surface area contributed by atoms with Crippen LogP contribution in [-0.2, 0) is 11.3 Å². The first-order valence-corrected chi connectivity index (χ1v) is 6.72. The Bertz CT molecular complexity index is 449. The van der Waals surface area contributed by atoms with E-state index in [2.05, 4.69) is 15.9 Å². The van der Waals surface area contributed by atoms with Crippen LogP contribution in [0, 0.1) is 11.7 Å². The largest absolute Gasteiger partial charge is 0.480 e. The van der Waals surface area contributed by atoms with Crippen LogP contribution in [0.2, 0.25) is 0 Å². The minimum Gasteiger partial charge on any atom is -0.480 e. The Morgan fingerprint density at radius 3 is 2.78 bits per heavy atom. The highest BCUT2D eigenvalue weighted by atomic mass is 79.9. The maximum Gasteiger partial charge on any atom is 0.317 e. The van der Waals surface area contributed by atoms with Gasteiger partial charge in [-0.2, -0.15) is 0 Å². The van der Waals surface area contributed by atoms with Gasteiger partial charge in [-0.1, -0.05) is 6.07 Å². The van der Waals surface area contributed by atoms with Crippen molar-refractivity contribution >= 4 is 21.9 Å². The van der Waals surface area contributed by atoms with Crippen molar-refractivity contribution < 1.29 is 14.3 Å². The number of aliphatic carboxylic acids is 1. The molecule has 1 aromatic rings. The molecular formula is C13H15BrFNO2. The third-order valence-electron chi connectivity index (χ3n) is 2.96. The average molecular weight is 316 g/mol. The zero-order valence-corrected chi connectivity index (χ0v) is 11.5. The molecule has 0 aromatic heterocycles. The van der Waals surface area contributed by atoms with Crippen LogP contribution in [-0.4, -0.2) is 29.1 Å². The summed E-state index contributed by atoms with van der Waals surface area (Å²) in [5, 5.41) is 8.87. The molecule has 0 heterocycles. The molecule has 2 rings (SSSR count). The van der Waals surface area contributed by atoms with Gasteiger partial charge in [-0.25, -0.2) is 4.39 Å². The van der Waals surface area contributed by atoms with Crippen LogP contribution in [0.3, 0.4) is 0 Å². The summed E-state index contributed by atoms with van der Waals surface area (Å²) < 4.78 is 13.8. The van der Waals surface area contributed by atoms with Crippen molar-refractivity contribution in [1.29, 1.82) is 0 Å². The van der Waals surface area contributed by atoms with Gasteiger partial charge in [0.05, 0.1) is 11.0 Å². The zero-order valence-electron chi connectivity index (χ0n) is 9.90. The van der Waals surface area contributed by atoms with Crippen LogP contribution in [0.15, 0.2) is 22.7 Å². The fourth-order valence-electron chi connectivity index (χ4n) is 1.94. The lowest BCUT2D eigenvalue weighted by molar-refractivity contribution is -0.138. The Balaban J connectivity index is 2.01. The standard InChI is InChI=1S/C13H15BrFNO2/c14-11-4-3-10(5-12(11)15)7-16(8-13(17)18)6-9-1-2-9/h3-5,9H,1-2,6-8H2,(H,17,18). The van der Waals surface area contributed by atoms with Crippen LogP contribution in [0.25, 0.3) is 0 Å². The number of nitrogens with zero attached hydrogens (tertiary/aromatic N) is 1. The maximum absolute atomic E-state index is 13.4. The van der Waals surface area contributed by atoms with E-state index in [4.69, 9.17) is 5.11 Å². The number of rotatable bonds is 6. The van der Waals surface area contributed by atoms with Gasteiger partial charge in [-0.05, 0) is 52.4 Å². The summed E-state index contributed by atoms with van der Waals surface area (Å²) in [6.45, 7) is 1.27. The molecule has 1 aliphatic rings. The molecule has 3 nitrogen and oxygen atoms in total. The predicted octanol–water partition coefficient (Wildman–Crippen LogP) is 2.88. The summed E-state index contributed by atoms with van der Waals surface area (Å²) in [4.78, 5) is 12.7. The van der Waals surface area contributed by atoms with Crippen molar-refractivity contribution in [2.75, 3.05) is 13.1 Å². The van der Waals surface area contributed by atoms with Crippen molar-refractivity contribution in [3.05, 3.63) is 34.1 Å². The number of benzene rings is 1. The van der Waals surface area contributed by atoms with Gasteiger partial charge >= 0.3 is 5.97 Å². The van der Waals surface area contributed by atoms with E-state index >= 15 is 0 Å². The van der Waals surface area contributed by atoms with Gasteiger partial charge in [0, 0.05) is 13.1 Å². The van der Waals surface area contributed by atoms with Crippen molar-refractivity contribution in [1.82, 2.24) is 4.90 Å². The van der Waals surface area contributed by atoms with Gasteiger partial charge in [0.25, 0.3) is 0 Å². The third-order valence-corrected chi connectivity index (χ3v) is 3.61. The number of hydrogen-bond acceptors (Lipinski definition) is 2. The smallest absolute Gasteiger partial charge is 0.317 e. The Morgan fingerprint density at radius 2 is 2.22 bits per heavy atom. The van der Waals surface area contributed by atoms with Gasteiger partial charge in [0.2, 0.25) is 0 Å². The fraction of sp³-hybridized carbons (Fsp3) is 0.462. The molecule has 1 aromatic carbocycles. The van der Waals surface area contributed by atoms with Crippen LogP contribution in [0.5, 0.6) is 0 Å². The molecule has 0 bridgehead atoms. The van der Waals surface area contributed by atoms with Crippen molar-refractivity contribution in [3.8, 4) is 0 Å². The molecule has 18 heavy (non-hydrogen) atoms. The van der Waals surface area contributed by atoms with Crippen LogP contribution in [0.1, 0.15) is 18.4 Å². The summed E-state index contributed by atoms with van der Waals surface area (Å²) >= 11 is 3.10. The Labute approximate surface area is 114 Å². The van der Waals surface area contributed by atoms with E-state index in [0.717, 1.165) is 12.1 Å². The lowest BCUT2D eigenvalue weighted by Crippen LogP contribution is -2.31. The zero-order chi connectivity index (χ0) is 13.1. The first kappa shape index (κ1) is 13.5. The van der Waals surface area contributed by atoms with E-state index in [9.17, 15) is 9.18 Å². The van der Waals surface area contributed by atoms with Crippen LogP contribution >= 0.6 is 15.9 Å². The first-order chi connectivity index (χ1) is 8.54. The molecule has 0 radical (unpaired) electrons. The van der Waals surface area contributed by atoms with Gasteiger partial charge in [-0.3, -0.25) is 9.69 Å². The highest BCUT2D eigenvalue weighted by Crippen LogP contribution is 2.30. The fourth-order valence-corrected chi connectivity index (χ4v) is 2.18. The molecule has 1 fully saturated rings. The molecule has 5 heteroatoms. The molecule has 0 spiro atoms. The normalized spacial score (nSPS) is 15.1.